The fourth-order valence-corrected chi connectivity index (χ4v) is 5.61. The van der Waals surface area contributed by atoms with Crippen molar-refractivity contribution in [3.63, 3.8) is 0 Å². The Morgan fingerprint density at radius 3 is 2.48 bits per heavy atom. The van der Waals surface area contributed by atoms with E-state index in [9.17, 15) is 13.7 Å². The molecule has 1 saturated heterocycles. The van der Waals surface area contributed by atoms with E-state index in [4.69, 9.17) is 4.98 Å². The van der Waals surface area contributed by atoms with E-state index in [1.165, 1.54) is 17.0 Å². The zero-order valence-corrected chi connectivity index (χ0v) is 24.1. The van der Waals surface area contributed by atoms with E-state index in [2.05, 4.69) is 52.4 Å². The Bertz CT molecular complexity index is 1650. The standard InChI is InChI=1S/C29H34N8O2S/c1-34(2)25-12-16-36(17-13-25)26-9-7-24(8-10-26)32-27-23(19-30)18-21-11-15-37(29(21)33-27)20-22-6-5-14-31-28(22)35(3)40(4,38)39/h5-11,14-15,18,25H,12-13,16-17,20H2,1-4H3,(H,32,33). The number of rotatable bonds is 8. The molecular formula is C29H34N8O2S. The van der Waals surface area contributed by atoms with Crippen LogP contribution in [0.3, 0.4) is 0 Å². The number of anilines is 4. The van der Waals surface area contributed by atoms with Crippen molar-refractivity contribution in [3.05, 3.63) is 72.1 Å². The van der Waals surface area contributed by atoms with E-state index in [0.717, 1.165) is 48.8 Å². The summed E-state index contributed by atoms with van der Waals surface area (Å²) in [5.41, 5.74) is 3.89. The van der Waals surface area contributed by atoms with Crippen molar-refractivity contribution in [2.24, 2.45) is 0 Å². The van der Waals surface area contributed by atoms with Gasteiger partial charge in [0, 0.05) is 60.9 Å². The van der Waals surface area contributed by atoms with Crippen molar-refractivity contribution >= 4 is 44.1 Å². The number of aromatic nitrogens is 3. The summed E-state index contributed by atoms with van der Waals surface area (Å²) in [5, 5.41) is 14.0. The van der Waals surface area contributed by atoms with Crippen LogP contribution >= 0.6 is 0 Å². The molecule has 40 heavy (non-hydrogen) atoms. The third kappa shape index (κ3) is 5.73. The van der Waals surface area contributed by atoms with Gasteiger partial charge in [-0.05, 0) is 69.4 Å². The van der Waals surface area contributed by atoms with E-state index >= 15 is 0 Å². The summed E-state index contributed by atoms with van der Waals surface area (Å²) < 4.78 is 27.4. The van der Waals surface area contributed by atoms with Crippen molar-refractivity contribution in [2.75, 3.05) is 55.0 Å². The lowest BCUT2D eigenvalue weighted by Crippen LogP contribution is -2.41. The normalized spacial score (nSPS) is 14.4. The highest BCUT2D eigenvalue weighted by Crippen LogP contribution is 2.28. The average Bonchev–Trinajstić information content (AvgIpc) is 3.33. The molecule has 208 valence electrons. The second kappa shape index (κ2) is 11.2. The van der Waals surface area contributed by atoms with Gasteiger partial charge in [-0.3, -0.25) is 4.31 Å². The first-order valence-corrected chi connectivity index (χ1v) is 15.0. The minimum Gasteiger partial charge on any atom is -0.371 e. The summed E-state index contributed by atoms with van der Waals surface area (Å²) in [6, 6.07) is 18.5. The lowest BCUT2D eigenvalue weighted by molar-refractivity contribution is 0.249. The van der Waals surface area contributed by atoms with Crippen LogP contribution in [0.4, 0.5) is 23.0 Å². The van der Waals surface area contributed by atoms with Gasteiger partial charge in [0.15, 0.2) is 5.82 Å². The van der Waals surface area contributed by atoms with Crippen LogP contribution in [0.1, 0.15) is 24.0 Å². The number of nitrogens with one attached hydrogen (secondary N) is 1. The quantitative estimate of drug-likeness (QED) is 0.345. The largest absolute Gasteiger partial charge is 0.371 e. The predicted octanol–water partition coefficient (Wildman–Crippen LogP) is 4.02. The van der Waals surface area contributed by atoms with Gasteiger partial charge in [0.1, 0.15) is 17.5 Å². The van der Waals surface area contributed by atoms with E-state index in [1.54, 1.807) is 12.3 Å². The van der Waals surface area contributed by atoms with Gasteiger partial charge in [0.2, 0.25) is 10.0 Å². The van der Waals surface area contributed by atoms with Crippen molar-refractivity contribution in [2.45, 2.75) is 25.4 Å². The molecule has 0 amide bonds. The number of piperidine rings is 1. The molecule has 0 radical (unpaired) electrons. The minimum atomic E-state index is -3.47. The Morgan fingerprint density at radius 2 is 1.82 bits per heavy atom. The molecule has 1 N–H and O–H groups in total. The highest BCUT2D eigenvalue weighted by Gasteiger charge is 2.21. The fourth-order valence-electron chi connectivity index (χ4n) is 5.13. The lowest BCUT2D eigenvalue weighted by atomic mass is 10.0. The maximum atomic E-state index is 12.2. The van der Waals surface area contributed by atoms with Crippen LogP contribution < -0.4 is 14.5 Å². The van der Waals surface area contributed by atoms with E-state index < -0.39 is 10.0 Å². The summed E-state index contributed by atoms with van der Waals surface area (Å²) in [5.74, 6) is 0.832. The molecule has 0 aliphatic carbocycles. The van der Waals surface area contributed by atoms with Crippen LogP contribution in [0.15, 0.2) is 60.9 Å². The number of sulfonamides is 1. The first-order valence-electron chi connectivity index (χ1n) is 13.2. The Morgan fingerprint density at radius 1 is 1.10 bits per heavy atom. The molecule has 1 aromatic carbocycles. The van der Waals surface area contributed by atoms with Gasteiger partial charge in [-0.2, -0.15) is 5.26 Å². The number of fused-ring (bicyclic) bond motifs is 1. The second-order valence-electron chi connectivity index (χ2n) is 10.4. The van der Waals surface area contributed by atoms with Crippen molar-refractivity contribution in [3.8, 4) is 6.07 Å². The predicted molar refractivity (Wildman–Crippen MR) is 160 cm³/mol. The number of hydrogen-bond acceptors (Lipinski definition) is 8. The van der Waals surface area contributed by atoms with E-state index in [0.29, 0.717) is 35.4 Å². The SMILES string of the molecule is CN(C)C1CCN(c2ccc(Nc3nc4c(ccn4Cc4cccnc4N(C)S(C)(=O)=O)cc3C#N)cc2)CC1. The molecule has 0 saturated carbocycles. The first kappa shape index (κ1) is 27.4. The van der Waals surface area contributed by atoms with Crippen molar-refractivity contribution < 1.29 is 8.42 Å². The number of pyridine rings is 2. The average molecular weight is 559 g/mol. The number of nitriles is 1. The van der Waals surface area contributed by atoms with Gasteiger partial charge in [0.25, 0.3) is 0 Å². The highest BCUT2D eigenvalue weighted by molar-refractivity contribution is 7.92. The van der Waals surface area contributed by atoms with E-state index in [1.807, 2.05) is 41.1 Å². The van der Waals surface area contributed by atoms with Crippen LogP contribution in [-0.4, -0.2) is 74.4 Å². The third-order valence-electron chi connectivity index (χ3n) is 7.55. The molecule has 4 aromatic rings. The van der Waals surface area contributed by atoms with Crippen molar-refractivity contribution in [1.29, 1.82) is 5.26 Å². The molecule has 11 heteroatoms. The molecule has 1 aliphatic heterocycles. The molecular weight excluding hydrogens is 524 g/mol. The van der Waals surface area contributed by atoms with Gasteiger partial charge in [-0.1, -0.05) is 6.07 Å². The van der Waals surface area contributed by atoms with Gasteiger partial charge >= 0.3 is 0 Å². The molecule has 0 atom stereocenters. The molecule has 0 unspecified atom stereocenters. The molecule has 1 aliphatic rings. The monoisotopic (exact) mass is 558 g/mol. The Hall–Kier alpha value is -4.14. The summed E-state index contributed by atoms with van der Waals surface area (Å²) in [6.45, 7) is 2.42. The van der Waals surface area contributed by atoms with Crippen LogP contribution in [0, 0.1) is 11.3 Å². The van der Waals surface area contributed by atoms with E-state index in [-0.39, 0.29) is 0 Å². The van der Waals surface area contributed by atoms with Crippen LogP contribution in [0.5, 0.6) is 0 Å². The number of hydrogen-bond donors (Lipinski definition) is 1. The maximum absolute atomic E-state index is 12.2. The summed E-state index contributed by atoms with van der Waals surface area (Å²) in [7, 11) is 2.31. The Kier molecular flexibility index (Phi) is 7.65. The van der Waals surface area contributed by atoms with Crippen LogP contribution in [0.25, 0.3) is 11.0 Å². The summed E-state index contributed by atoms with van der Waals surface area (Å²) in [6.07, 6.45) is 6.90. The molecule has 1 fully saturated rings. The topological polar surface area (TPSA) is 110 Å². The minimum absolute atomic E-state index is 0.365. The highest BCUT2D eigenvalue weighted by atomic mass is 32.2. The number of benzene rings is 1. The maximum Gasteiger partial charge on any atom is 0.233 e. The van der Waals surface area contributed by atoms with Gasteiger partial charge < -0.3 is 19.7 Å². The molecule has 4 heterocycles. The van der Waals surface area contributed by atoms with Crippen molar-refractivity contribution in [1.82, 2.24) is 19.4 Å². The van der Waals surface area contributed by atoms with Gasteiger partial charge in [0.05, 0.1) is 18.4 Å². The van der Waals surface area contributed by atoms with Gasteiger partial charge in [-0.25, -0.2) is 18.4 Å². The zero-order valence-electron chi connectivity index (χ0n) is 23.2. The fraction of sp³-hybridized carbons (Fsp3) is 0.345. The molecule has 3 aromatic heterocycles. The zero-order chi connectivity index (χ0) is 28.4. The molecule has 0 spiro atoms. The lowest BCUT2D eigenvalue weighted by Gasteiger charge is -2.36. The Labute approximate surface area is 235 Å². The molecule has 0 bridgehead atoms. The molecule has 10 nitrogen and oxygen atoms in total. The smallest absolute Gasteiger partial charge is 0.233 e. The summed E-state index contributed by atoms with van der Waals surface area (Å²) in [4.78, 5) is 13.8. The van der Waals surface area contributed by atoms with Crippen LogP contribution in [-0.2, 0) is 16.6 Å². The third-order valence-corrected chi connectivity index (χ3v) is 8.72. The first-order chi connectivity index (χ1) is 19.1. The Balaban J connectivity index is 1.38. The summed E-state index contributed by atoms with van der Waals surface area (Å²) >= 11 is 0. The van der Waals surface area contributed by atoms with Crippen LogP contribution in [0.2, 0.25) is 0 Å². The second-order valence-corrected chi connectivity index (χ2v) is 12.4. The number of nitrogens with zero attached hydrogens (tertiary/aromatic N) is 7. The molecule has 5 rings (SSSR count). The van der Waals surface area contributed by atoms with Gasteiger partial charge in [-0.15, -0.1) is 0 Å².